The zero-order valence-corrected chi connectivity index (χ0v) is 14.7. The predicted molar refractivity (Wildman–Crippen MR) is 101 cm³/mol. The highest BCUT2D eigenvalue weighted by Crippen LogP contribution is 2.27. The molecular formula is C20H22N4O. The molecule has 0 heterocycles. The van der Waals surface area contributed by atoms with Crippen LogP contribution in [0.25, 0.3) is 0 Å². The van der Waals surface area contributed by atoms with E-state index < -0.39 is 11.4 Å². The minimum absolute atomic E-state index is 0.0237. The summed E-state index contributed by atoms with van der Waals surface area (Å²) in [6.45, 7) is 5.61. The molecule has 0 unspecified atom stereocenters. The highest BCUT2D eigenvalue weighted by molar-refractivity contribution is 5.98. The number of carbonyl (C=O) groups excluding carboxylic acids is 1. The van der Waals surface area contributed by atoms with Crippen molar-refractivity contribution < 1.29 is 4.79 Å². The molecule has 0 aliphatic carbocycles. The molecule has 25 heavy (non-hydrogen) atoms. The van der Waals surface area contributed by atoms with Gasteiger partial charge in [0.2, 0.25) is 0 Å². The van der Waals surface area contributed by atoms with Crippen molar-refractivity contribution in [3.63, 3.8) is 0 Å². The highest BCUT2D eigenvalue weighted by Gasteiger charge is 2.19. The number of carbonyl (C=O) groups is 1. The summed E-state index contributed by atoms with van der Waals surface area (Å²) in [5.41, 5.74) is 7.64. The Hall–Kier alpha value is -3.26. The molecule has 0 bridgehead atoms. The zero-order valence-electron chi connectivity index (χ0n) is 14.7. The van der Waals surface area contributed by atoms with Gasteiger partial charge in [0, 0.05) is 28.8 Å². The van der Waals surface area contributed by atoms with E-state index in [1.165, 1.54) is 0 Å². The van der Waals surface area contributed by atoms with Crippen LogP contribution in [0.4, 0.5) is 17.1 Å². The maximum Gasteiger partial charge on any atom is 0.263 e. The quantitative estimate of drug-likeness (QED) is 0.507. The standard InChI is InChI=1S/C20H22N4O/c1-20(2,3)23-19(25)15(13-21)14-24(17-7-5-4-6-8-17)18-11-9-16(22)10-12-18/h4-12,14H,22H2,1-3H3,(H,23,25)/b15-14-. The molecule has 3 N–H and O–H groups in total. The fourth-order valence-corrected chi connectivity index (χ4v) is 2.20. The number of hydrogen-bond acceptors (Lipinski definition) is 4. The van der Waals surface area contributed by atoms with Crippen molar-refractivity contribution >= 4 is 23.0 Å². The lowest BCUT2D eigenvalue weighted by molar-refractivity contribution is -0.118. The number of benzene rings is 2. The summed E-state index contributed by atoms with van der Waals surface area (Å²) in [6, 6.07) is 18.7. The van der Waals surface area contributed by atoms with Crippen LogP contribution in [0.1, 0.15) is 20.8 Å². The first-order chi connectivity index (χ1) is 11.8. The molecule has 0 fully saturated rings. The van der Waals surface area contributed by atoms with E-state index in [-0.39, 0.29) is 5.57 Å². The lowest BCUT2D eigenvalue weighted by Crippen LogP contribution is -2.41. The van der Waals surface area contributed by atoms with E-state index in [0.29, 0.717) is 5.69 Å². The number of nitrogens with two attached hydrogens (primary N) is 1. The summed E-state index contributed by atoms with van der Waals surface area (Å²) in [4.78, 5) is 14.2. The second-order valence-electron chi connectivity index (χ2n) is 6.66. The lowest BCUT2D eigenvalue weighted by Gasteiger charge is -2.23. The summed E-state index contributed by atoms with van der Waals surface area (Å²) in [7, 11) is 0. The highest BCUT2D eigenvalue weighted by atomic mass is 16.1. The van der Waals surface area contributed by atoms with Crippen LogP contribution in [0, 0.1) is 11.3 Å². The lowest BCUT2D eigenvalue weighted by atomic mass is 10.1. The van der Waals surface area contributed by atoms with Gasteiger partial charge in [-0.05, 0) is 57.2 Å². The summed E-state index contributed by atoms with van der Waals surface area (Å²) in [6.07, 6.45) is 1.54. The topological polar surface area (TPSA) is 82.2 Å². The van der Waals surface area contributed by atoms with Gasteiger partial charge in [-0.3, -0.25) is 4.79 Å². The van der Waals surface area contributed by atoms with Gasteiger partial charge in [-0.15, -0.1) is 0 Å². The van der Waals surface area contributed by atoms with Crippen LogP contribution in [-0.2, 0) is 4.79 Å². The van der Waals surface area contributed by atoms with E-state index in [1.807, 2.05) is 69.3 Å². The monoisotopic (exact) mass is 334 g/mol. The van der Waals surface area contributed by atoms with Crippen molar-refractivity contribution in [2.24, 2.45) is 0 Å². The molecule has 1 amide bonds. The number of nitriles is 1. The largest absolute Gasteiger partial charge is 0.399 e. The first-order valence-corrected chi connectivity index (χ1v) is 7.94. The molecule has 0 saturated carbocycles. The van der Waals surface area contributed by atoms with Gasteiger partial charge in [0.15, 0.2) is 0 Å². The molecule has 0 aromatic heterocycles. The molecule has 0 spiro atoms. The first-order valence-electron chi connectivity index (χ1n) is 7.94. The Kier molecular flexibility index (Phi) is 5.45. The van der Waals surface area contributed by atoms with Crippen molar-refractivity contribution in [2.75, 3.05) is 10.6 Å². The molecular weight excluding hydrogens is 312 g/mol. The zero-order chi connectivity index (χ0) is 18.4. The molecule has 0 aliphatic rings. The van der Waals surface area contributed by atoms with Crippen molar-refractivity contribution in [3.8, 4) is 6.07 Å². The van der Waals surface area contributed by atoms with Crippen molar-refractivity contribution in [1.82, 2.24) is 5.32 Å². The number of hydrogen-bond donors (Lipinski definition) is 2. The predicted octanol–water partition coefficient (Wildman–Crippen LogP) is 3.73. The smallest absolute Gasteiger partial charge is 0.263 e. The Labute approximate surface area is 148 Å². The van der Waals surface area contributed by atoms with E-state index in [4.69, 9.17) is 5.73 Å². The molecule has 2 aromatic rings. The number of nitrogens with zero attached hydrogens (tertiary/aromatic N) is 2. The summed E-state index contributed by atoms with van der Waals surface area (Å²) < 4.78 is 0. The van der Waals surface area contributed by atoms with Crippen molar-refractivity contribution in [2.45, 2.75) is 26.3 Å². The molecule has 128 valence electrons. The van der Waals surface area contributed by atoms with Crippen LogP contribution in [0.3, 0.4) is 0 Å². The Balaban J connectivity index is 2.46. The van der Waals surface area contributed by atoms with E-state index in [2.05, 4.69) is 5.32 Å². The van der Waals surface area contributed by atoms with Crippen LogP contribution >= 0.6 is 0 Å². The Morgan fingerprint density at radius 1 is 1.08 bits per heavy atom. The SMILES string of the molecule is CC(C)(C)NC(=O)/C(C#N)=C\N(c1ccccc1)c1ccc(N)cc1. The first kappa shape index (κ1) is 18.1. The second-order valence-corrected chi connectivity index (χ2v) is 6.66. The van der Waals surface area contributed by atoms with E-state index >= 15 is 0 Å². The summed E-state index contributed by atoms with van der Waals surface area (Å²) >= 11 is 0. The van der Waals surface area contributed by atoms with Gasteiger partial charge >= 0.3 is 0 Å². The van der Waals surface area contributed by atoms with Gasteiger partial charge in [-0.2, -0.15) is 5.26 Å². The van der Waals surface area contributed by atoms with Gasteiger partial charge < -0.3 is 16.0 Å². The van der Waals surface area contributed by atoms with Gasteiger partial charge in [-0.1, -0.05) is 18.2 Å². The minimum Gasteiger partial charge on any atom is -0.399 e. The normalized spacial score (nSPS) is 11.5. The molecule has 0 radical (unpaired) electrons. The second kappa shape index (κ2) is 7.54. The van der Waals surface area contributed by atoms with Crippen LogP contribution in [0.5, 0.6) is 0 Å². The van der Waals surface area contributed by atoms with Gasteiger partial charge in [0.25, 0.3) is 5.91 Å². The number of nitrogens with one attached hydrogen (secondary N) is 1. The summed E-state index contributed by atoms with van der Waals surface area (Å²) in [5, 5.41) is 12.3. The Morgan fingerprint density at radius 3 is 2.16 bits per heavy atom. The van der Waals surface area contributed by atoms with Crippen LogP contribution in [-0.4, -0.2) is 11.4 Å². The van der Waals surface area contributed by atoms with E-state index in [0.717, 1.165) is 11.4 Å². The average molecular weight is 334 g/mol. The van der Waals surface area contributed by atoms with Gasteiger partial charge in [0.1, 0.15) is 11.6 Å². The minimum atomic E-state index is -0.425. The molecule has 5 heteroatoms. The maximum absolute atomic E-state index is 12.4. The molecule has 0 aliphatic heterocycles. The maximum atomic E-state index is 12.4. The van der Waals surface area contributed by atoms with Crippen molar-refractivity contribution in [1.29, 1.82) is 5.26 Å². The van der Waals surface area contributed by atoms with Crippen LogP contribution in [0.15, 0.2) is 66.4 Å². The molecule has 5 nitrogen and oxygen atoms in total. The van der Waals surface area contributed by atoms with Gasteiger partial charge in [-0.25, -0.2) is 0 Å². The molecule has 0 saturated heterocycles. The number of nitrogen functional groups attached to an aromatic ring is 1. The number of para-hydroxylation sites is 1. The summed E-state index contributed by atoms with van der Waals surface area (Å²) in [5.74, 6) is -0.411. The third-order valence-electron chi connectivity index (χ3n) is 3.32. The van der Waals surface area contributed by atoms with E-state index in [9.17, 15) is 10.1 Å². The fourth-order valence-electron chi connectivity index (χ4n) is 2.20. The number of rotatable bonds is 4. The van der Waals surface area contributed by atoms with Crippen LogP contribution in [0.2, 0.25) is 0 Å². The van der Waals surface area contributed by atoms with Crippen molar-refractivity contribution in [3.05, 3.63) is 66.4 Å². The number of amides is 1. The average Bonchev–Trinajstić information content (AvgIpc) is 2.56. The van der Waals surface area contributed by atoms with E-state index in [1.54, 1.807) is 23.2 Å². The third-order valence-corrected chi connectivity index (χ3v) is 3.32. The Morgan fingerprint density at radius 2 is 1.64 bits per heavy atom. The third kappa shape index (κ3) is 5.11. The number of anilines is 3. The molecule has 0 atom stereocenters. The van der Waals surface area contributed by atoms with Crippen LogP contribution < -0.4 is 16.0 Å². The Bertz CT molecular complexity index is 796. The van der Waals surface area contributed by atoms with Gasteiger partial charge in [0.05, 0.1) is 0 Å². The molecule has 2 rings (SSSR count). The fraction of sp³-hybridized carbons (Fsp3) is 0.200. The molecule has 2 aromatic carbocycles.